The largest absolute Gasteiger partial charge is 0.497 e. The van der Waals surface area contributed by atoms with Gasteiger partial charge in [-0.05, 0) is 43.2 Å². The summed E-state index contributed by atoms with van der Waals surface area (Å²) in [5, 5.41) is 2.56. The number of carbonyl (C=O) groups excluding carboxylic acids is 1. The molecule has 0 saturated carbocycles. The van der Waals surface area contributed by atoms with Gasteiger partial charge in [0.2, 0.25) is 5.91 Å². The van der Waals surface area contributed by atoms with E-state index >= 15 is 0 Å². The van der Waals surface area contributed by atoms with Crippen molar-refractivity contribution < 1.29 is 36.9 Å². The van der Waals surface area contributed by atoms with Crippen LogP contribution in [-0.4, -0.2) is 32.8 Å². The molecule has 9 heteroatoms. The molecular formula is C24H28F3NO5. The number of carbonyl (C=O) groups is 1. The van der Waals surface area contributed by atoms with Crippen LogP contribution >= 0.6 is 0 Å². The number of hydrogen-bond acceptors (Lipinski definition) is 5. The minimum atomic E-state index is -4.63. The second kappa shape index (κ2) is 10.0. The van der Waals surface area contributed by atoms with E-state index in [1.807, 2.05) is 13.8 Å². The van der Waals surface area contributed by atoms with Gasteiger partial charge in [-0.2, -0.15) is 13.2 Å². The molecule has 1 aliphatic rings. The standard InChI is InChI=1S/C24H28F3NO5/c1-15(2)12-31-20-10-7-17(11-19(20)24(25,26)27)28-22(29)23(3)13-32-21(33-14-23)16-5-8-18(30-4)9-6-16/h5-11,15,21H,12-14H2,1-4H3,(H,28,29). The molecule has 0 radical (unpaired) electrons. The van der Waals surface area contributed by atoms with Crippen LogP contribution in [0.1, 0.15) is 38.2 Å². The summed E-state index contributed by atoms with van der Waals surface area (Å²) in [5.41, 5.74) is -1.23. The lowest BCUT2D eigenvalue weighted by molar-refractivity contribution is -0.226. The van der Waals surface area contributed by atoms with Crippen molar-refractivity contribution in [3.63, 3.8) is 0 Å². The number of rotatable bonds is 7. The number of ether oxygens (including phenoxy) is 4. The van der Waals surface area contributed by atoms with Crippen molar-refractivity contribution in [2.75, 3.05) is 32.2 Å². The zero-order valence-corrected chi connectivity index (χ0v) is 19.0. The van der Waals surface area contributed by atoms with E-state index in [0.717, 1.165) is 11.6 Å². The van der Waals surface area contributed by atoms with E-state index in [0.29, 0.717) is 5.75 Å². The molecule has 1 N–H and O–H groups in total. The number of amides is 1. The molecule has 0 spiro atoms. The summed E-state index contributed by atoms with van der Waals surface area (Å²) in [7, 11) is 1.57. The van der Waals surface area contributed by atoms with Crippen molar-refractivity contribution in [1.29, 1.82) is 0 Å². The van der Waals surface area contributed by atoms with Crippen molar-refractivity contribution in [1.82, 2.24) is 0 Å². The van der Waals surface area contributed by atoms with Gasteiger partial charge in [0.25, 0.3) is 0 Å². The Morgan fingerprint density at radius 2 is 1.79 bits per heavy atom. The minimum absolute atomic E-state index is 0.0164. The molecule has 1 saturated heterocycles. The number of benzene rings is 2. The highest BCUT2D eigenvalue weighted by atomic mass is 19.4. The van der Waals surface area contributed by atoms with Gasteiger partial charge in [-0.1, -0.05) is 26.0 Å². The van der Waals surface area contributed by atoms with Crippen LogP contribution in [0.5, 0.6) is 11.5 Å². The Morgan fingerprint density at radius 1 is 1.15 bits per heavy atom. The average Bonchev–Trinajstić information content (AvgIpc) is 2.78. The molecule has 1 amide bonds. The molecular weight excluding hydrogens is 439 g/mol. The van der Waals surface area contributed by atoms with Crippen molar-refractivity contribution >= 4 is 11.6 Å². The lowest BCUT2D eigenvalue weighted by Gasteiger charge is -2.36. The second-order valence-corrected chi connectivity index (χ2v) is 8.66. The maximum Gasteiger partial charge on any atom is 0.420 e. The summed E-state index contributed by atoms with van der Waals surface area (Å²) < 4.78 is 62.5. The lowest BCUT2D eigenvalue weighted by Crippen LogP contribution is -2.45. The van der Waals surface area contributed by atoms with Crippen molar-refractivity contribution in [3.8, 4) is 11.5 Å². The summed E-state index contributed by atoms with van der Waals surface area (Å²) >= 11 is 0. The van der Waals surface area contributed by atoms with Gasteiger partial charge in [0, 0.05) is 11.3 Å². The van der Waals surface area contributed by atoms with Gasteiger partial charge in [0.15, 0.2) is 6.29 Å². The molecule has 0 aliphatic carbocycles. The highest BCUT2D eigenvalue weighted by molar-refractivity contribution is 5.95. The Bertz CT molecular complexity index is 952. The van der Waals surface area contributed by atoms with E-state index in [-0.39, 0.29) is 37.2 Å². The minimum Gasteiger partial charge on any atom is -0.497 e. The van der Waals surface area contributed by atoms with Crippen LogP contribution in [0.4, 0.5) is 18.9 Å². The Hall–Kier alpha value is -2.78. The number of hydrogen-bond donors (Lipinski definition) is 1. The highest BCUT2D eigenvalue weighted by Gasteiger charge is 2.40. The predicted octanol–water partition coefficient (Wildman–Crippen LogP) is 5.44. The van der Waals surface area contributed by atoms with Crippen LogP contribution in [0.3, 0.4) is 0 Å². The van der Waals surface area contributed by atoms with Gasteiger partial charge < -0.3 is 24.3 Å². The Labute approximate surface area is 191 Å². The SMILES string of the molecule is COc1ccc(C2OCC(C)(C(=O)Nc3ccc(OCC(C)C)c(C(F)(F)F)c3)CO2)cc1. The van der Waals surface area contributed by atoms with E-state index in [2.05, 4.69) is 5.32 Å². The fourth-order valence-corrected chi connectivity index (χ4v) is 3.19. The van der Waals surface area contributed by atoms with Gasteiger partial charge in [-0.3, -0.25) is 4.79 Å². The number of anilines is 1. The third-order valence-corrected chi connectivity index (χ3v) is 5.16. The topological polar surface area (TPSA) is 66.0 Å². The molecule has 180 valence electrons. The first-order chi connectivity index (χ1) is 15.5. The van der Waals surface area contributed by atoms with Gasteiger partial charge in [-0.25, -0.2) is 0 Å². The number of methoxy groups -OCH3 is 1. The first-order valence-corrected chi connectivity index (χ1v) is 10.5. The van der Waals surface area contributed by atoms with Crippen LogP contribution in [0, 0.1) is 11.3 Å². The summed E-state index contributed by atoms with van der Waals surface area (Å²) in [6.07, 6.45) is -5.27. The first-order valence-electron chi connectivity index (χ1n) is 10.5. The van der Waals surface area contributed by atoms with E-state index < -0.39 is 29.4 Å². The summed E-state index contributed by atoms with van der Waals surface area (Å²) in [4.78, 5) is 12.9. The van der Waals surface area contributed by atoms with Crippen molar-refractivity contribution in [3.05, 3.63) is 53.6 Å². The molecule has 0 atom stereocenters. The normalized spacial score (nSPS) is 21.0. The molecule has 2 aromatic carbocycles. The zero-order chi connectivity index (χ0) is 24.2. The van der Waals surface area contributed by atoms with Gasteiger partial charge >= 0.3 is 6.18 Å². The second-order valence-electron chi connectivity index (χ2n) is 8.66. The van der Waals surface area contributed by atoms with Crippen LogP contribution < -0.4 is 14.8 Å². The van der Waals surface area contributed by atoms with Crippen molar-refractivity contribution in [2.45, 2.75) is 33.2 Å². The molecule has 33 heavy (non-hydrogen) atoms. The highest BCUT2D eigenvalue weighted by Crippen LogP contribution is 2.39. The molecule has 3 rings (SSSR count). The van der Waals surface area contributed by atoms with Crippen LogP contribution in [0.15, 0.2) is 42.5 Å². The molecule has 1 heterocycles. The maximum absolute atomic E-state index is 13.5. The number of halogens is 3. The van der Waals surface area contributed by atoms with E-state index in [1.165, 1.54) is 12.1 Å². The van der Waals surface area contributed by atoms with E-state index in [9.17, 15) is 18.0 Å². The third-order valence-electron chi connectivity index (χ3n) is 5.16. The molecule has 1 fully saturated rings. The van der Waals surface area contributed by atoms with Crippen LogP contribution in [0.25, 0.3) is 0 Å². The van der Waals surface area contributed by atoms with Gasteiger partial charge in [-0.15, -0.1) is 0 Å². The smallest absolute Gasteiger partial charge is 0.420 e. The Balaban J connectivity index is 1.67. The lowest BCUT2D eigenvalue weighted by atomic mass is 9.90. The summed E-state index contributed by atoms with van der Waals surface area (Å²) in [6.45, 7) is 5.55. The monoisotopic (exact) mass is 467 g/mol. The third kappa shape index (κ3) is 6.17. The molecule has 0 aromatic heterocycles. The Kier molecular flexibility index (Phi) is 7.54. The fraction of sp³-hybridized carbons (Fsp3) is 0.458. The molecule has 6 nitrogen and oxygen atoms in total. The maximum atomic E-state index is 13.5. The molecule has 0 bridgehead atoms. The Morgan fingerprint density at radius 3 is 2.33 bits per heavy atom. The first kappa shape index (κ1) is 24.9. The van der Waals surface area contributed by atoms with Crippen LogP contribution in [-0.2, 0) is 20.4 Å². The zero-order valence-electron chi connectivity index (χ0n) is 19.0. The molecule has 0 unspecified atom stereocenters. The fourth-order valence-electron chi connectivity index (χ4n) is 3.19. The summed E-state index contributed by atoms with van der Waals surface area (Å²) in [6, 6.07) is 10.6. The number of nitrogens with one attached hydrogen (secondary N) is 1. The van der Waals surface area contributed by atoms with Gasteiger partial charge in [0.05, 0.1) is 37.9 Å². The quantitative estimate of drug-likeness (QED) is 0.588. The predicted molar refractivity (Wildman–Crippen MR) is 116 cm³/mol. The molecule has 1 aliphatic heterocycles. The summed E-state index contributed by atoms with van der Waals surface area (Å²) in [5.74, 6) is -0.0113. The van der Waals surface area contributed by atoms with Gasteiger partial charge in [0.1, 0.15) is 11.5 Å². The van der Waals surface area contributed by atoms with Crippen LogP contribution in [0.2, 0.25) is 0 Å². The number of alkyl halides is 3. The van der Waals surface area contributed by atoms with E-state index in [1.54, 1.807) is 38.3 Å². The van der Waals surface area contributed by atoms with E-state index in [4.69, 9.17) is 18.9 Å². The molecule has 2 aromatic rings. The van der Waals surface area contributed by atoms with Crippen molar-refractivity contribution in [2.24, 2.45) is 11.3 Å². The average molecular weight is 467 g/mol.